The zero-order valence-corrected chi connectivity index (χ0v) is 12.7. The van der Waals surface area contributed by atoms with Crippen molar-refractivity contribution < 1.29 is 4.79 Å². The first-order chi connectivity index (χ1) is 10.7. The van der Waals surface area contributed by atoms with Gasteiger partial charge in [-0.25, -0.2) is 4.79 Å². The number of carbonyl (C=O) groups is 1. The SMILES string of the molecule is Cn1cc(-c2cc(CNC(=O)NC3CCCC3)ccn2)cn1. The van der Waals surface area contributed by atoms with Gasteiger partial charge in [0.15, 0.2) is 0 Å². The van der Waals surface area contributed by atoms with E-state index in [4.69, 9.17) is 0 Å². The van der Waals surface area contributed by atoms with Crippen molar-refractivity contribution in [2.24, 2.45) is 7.05 Å². The first-order valence-electron chi connectivity index (χ1n) is 7.69. The Morgan fingerprint density at radius 2 is 2.23 bits per heavy atom. The third-order valence-corrected chi connectivity index (χ3v) is 3.97. The first-order valence-corrected chi connectivity index (χ1v) is 7.69. The zero-order chi connectivity index (χ0) is 15.4. The van der Waals surface area contributed by atoms with Crippen LogP contribution in [0.3, 0.4) is 0 Å². The molecule has 0 atom stereocenters. The third-order valence-electron chi connectivity index (χ3n) is 3.97. The molecule has 3 rings (SSSR count). The molecule has 1 aliphatic carbocycles. The fraction of sp³-hybridized carbons (Fsp3) is 0.438. The number of nitrogens with zero attached hydrogens (tertiary/aromatic N) is 3. The Morgan fingerprint density at radius 1 is 1.41 bits per heavy atom. The first kappa shape index (κ1) is 14.6. The lowest BCUT2D eigenvalue weighted by Gasteiger charge is -2.13. The fourth-order valence-electron chi connectivity index (χ4n) is 2.78. The number of hydrogen-bond donors (Lipinski definition) is 2. The van der Waals surface area contributed by atoms with Gasteiger partial charge in [0.05, 0.1) is 11.9 Å². The smallest absolute Gasteiger partial charge is 0.315 e. The molecular weight excluding hydrogens is 278 g/mol. The average molecular weight is 299 g/mol. The van der Waals surface area contributed by atoms with Gasteiger partial charge in [-0.1, -0.05) is 12.8 Å². The Hall–Kier alpha value is -2.37. The Bertz CT molecular complexity index is 645. The number of rotatable bonds is 4. The van der Waals surface area contributed by atoms with Crippen molar-refractivity contribution in [3.63, 3.8) is 0 Å². The number of carbonyl (C=O) groups excluding carboxylic acids is 1. The van der Waals surface area contributed by atoms with Crippen molar-refractivity contribution in [2.45, 2.75) is 38.3 Å². The third kappa shape index (κ3) is 3.63. The molecule has 116 valence electrons. The van der Waals surface area contributed by atoms with Crippen LogP contribution in [0.4, 0.5) is 4.79 Å². The van der Waals surface area contributed by atoms with Gasteiger partial charge < -0.3 is 10.6 Å². The second kappa shape index (κ2) is 6.60. The maximum absolute atomic E-state index is 11.9. The lowest BCUT2D eigenvalue weighted by Crippen LogP contribution is -2.40. The molecule has 1 fully saturated rings. The van der Waals surface area contributed by atoms with Crippen LogP contribution in [0.5, 0.6) is 0 Å². The minimum Gasteiger partial charge on any atom is -0.335 e. The molecule has 0 spiro atoms. The molecule has 22 heavy (non-hydrogen) atoms. The molecule has 1 aliphatic rings. The van der Waals surface area contributed by atoms with Gasteiger partial charge in [-0.3, -0.25) is 9.67 Å². The van der Waals surface area contributed by atoms with E-state index in [0.29, 0.717) is 12.6 Å². The van der Waals surface area contributed by atoms with Gasteiger partial charge >= 0.3 is 6.03 Å². The van der Waals surface area contributed by atoms with Gasteiger partial charge in [0.25, 0.3) is 0 Å². The summed E-state index contributed by atoms with van der Waals surface area (Å²) in [5.74, 6) is 0. The molecule has 2 aromatic heterocycles. The number of aromatic nitrogens is 3. The topological polar surface area (TPSA) is 71.8 Å². The Kier molecular flexibility index (Phi) is 4.37. The number of nitrogens with one attached hydrogen (secondary N) is 2. The van der Waals surface area contributed by atoms with Gasteiger partial charge in [-0.2, -0.15) is 5.10 Å². The molecule has 0 aliphatic heterocycles. The van der Waals surface area contributed by atoms with E-state index in [1.165, 1.54) is 12.8 Å². The number of pyridine rings is 1. The van der Waals surface area contributed by atoms with Crippen molar-refractivity contribution in [1.29, 1.82) is 0 Å². The van der Waals surface area contributed by atoms with Gasteiger partial charge in [0.2, 0.25) is 0 Å². The second-order valence-corrected chi connectivity index (χ2v) is 5.76. The van der Waals surface area contributed by atoms with Crippen LogP contribution >= 0.6 is 0 Å². The Morgan fingerprint density at radius 3 is 2.95 bits per heavy atom. The molecule has 2 amide bonds. The van der Waals surface area contributed by atoms with Gasteiger partial charge in [-0.05, 0) is 30.5 Å². The quantitative estimate of drug-likeness (QED) is 0.909. The molecule has 1 saturated carbocycles. The van der Waals surface area contributed by atoms with Crippen molar-refractivity contribution in [3.05, 3.63) is 36.3 Å². The maximum atomic E-state index is 11.9. The summed E-state index contributed by atoms with van der Waals surface area (Å²) in [7, 11) is 1.88. The molecule has 0 bridgehead atoms. The van der Waals surface area contributed by atoms with Crippen LogP contribution in [0.15, 0.2) is 30.7 Å². The summed E-state index contributed by atoms with van der Waals surface area (Å²) in [6, 6.07) is 4.14. The molecule has 2 aromatic rings. The Labute approximate surface area is 129 Å². The predicted molar refractivity (Wildman–Crippen MR) is 84.1 cm³/mol. The largest absolute Gasteiger partial charge is 0.335 e. The van der Waals surface area contributed by atoms with Crippen molar-refractivity contribution >= 4 is 6.03 Å². The number of hydrogen-bond acceptors (Lipinski definition) is 3. The number of urea groups is 1. The van der Waals surface area contributed by atoms with E-state index in [-0.39, 0.29) is 6.03 Å². The van der Waals surface area contributed by atoms with E-state index < -0.39 is 0 Å². The molecule has 2 heterocycles. The zero-order valence-electron chi connectivity index (χ0n) is 12.7. The standard InChI is InChI=1S/C16H21N5O/c1-21-11-13(10-19-21)15-8-12(6-7-17-15)9-18-16(22)20-14-4-2-3-5-14/h6-8,10-11,14H,2-5,9H2,1H3,(H2,18,20,22). The van der Waals surface area contributed by atoms with Crippen LogP contribution in [0.1, 0.15) is 31.2 Å². The van der Waals surface area contributed by atoms with Crippen molar-refractivity contribution in [2.75, 3.05) is 0 Å². The van der Waals surface area contributed by atoms with Crippen LogP contribution in [0.25, 0.3) is 11.3 Å². The molecule has 0 radical (unpaired) electrons. The second-order valence-electron chi connectivity index (χ2n) is 5.76. The van der Waals surface area contributed by atoms with Gasteiger partial charge in [0.1, 0.15) is 0 Å². The summed E-state index contributed by atoms with van der Waals surface area (Å²) in [5, 5.41) is 10.1. The maximum Gasteiger partial charge on any atom is 0.315 e. The van der Waals surface area contributed by atoms with Crippen molar-refractivity contribution in [1.82, 2.24) is 25.4 Å². The molecule has 6 nitrogen and oxygen atoms in total. The van der Waals surface area contributed by atoms with E-state index >= 15 is 0 Å². The normalized spacial score (nSPS) is 15.0. The summed E-state index contributed by atoms with van der Waals surface area (Å²) in [5.41, 5.74) is 2.86. The van der Waals surface area contributed by atoms with Crippen LogP contribution in [0.2, 0.25) is 0 Å². The molecule has 0 saturated heterocycles. The lowest BCUT2D eigenvalue weighted by molar-refractivity contribution is 0.236. The highest BCUT2D eigenvalue weighted by Gasteiger charge is 2.16. The van der Waals surface area contributed by atoms with Gasteiger partial charge in [-0.15, -0.1) is 0 Å². The molecule has 2 N–H and O–H groups in total. The minimum atomic E-state index is -0.0911. The lowest BCUT2D eigenvalue weighted by atomic mass is 10.1. The predicted octanol–water partition coefficient (Wildman–Crippen LogP) is 2.22. The highest BCUT2D eigenvalue weighted by Crippen LogP contribution is 2.18. The van der Waals surface area contributed by atoms with E-state index in [1.54, 1.807) is 17.1 Å². The average Bonchev–Trinajstić information content (AvgIpc) is 3.17. The monoisotopic (exact) mass is 299 g/mol. The minimum absolute atomic E-state index is 0.0911. The highest BCUT2D eigenvalue weighted by molar-refractivity contribution is 5.74. The summed E-state index contributed by atoms with van der Waals surface area (Å²) in [6.45, 7) is 0.494. The van der Waals surface area contributed by atoms with Crippen molar-refractivity contribution in [3.8, 4) is 11.3 Å². The summed E-state index contributed by atoms with van der Waals surface area (Å²) in [6.07, 6.45) is 10.1. The van der Waals surface area contributed by atoms with Crippen LogP contribution < -0.4 is 10.6 Å². The fourth-order valence-corrected chi connectivity index (χ4v) is 2.78. The summed E-state index contributed by atoms with van der Waals surface area (Å²) in [4.78, 5) is 16.2. The number of aryl methyl sites for hydroxylation is 1. The molecule has 6 heteroatoms. The van der Waals surface area contributed by atoms with E-state index in [0.717, 1.165) is 29.7 Å². The van der Waals surface area contributed by atoms with Crippen LogP contribution in [-0.2, 0) is 13.6 Å². The summed E-state index contributed by atoms with van der Waals surface area (Å²) < 4.78 is 1.75. The van der Waals surface area contributed by atoms with E-state index in [9.17, 15) is 4.79 Å². The van der Waals surface area contributed by atoms with E-state index in [1.807, 2.05) is 25.4 Å². The van der Waals surface area contributed by atoms with Crippen LogP contribution in [-0.4, -0.2) is 26.8 Å². The molecule has 0 aromatic carbocycles. The van der Waals surface area contributed by atoms with Gasteiger partial charge in [0, 0.05) is 37.6 Å². The highest BCUT2D eigenvalue weighted by atomic mass is 16.2. The number of amides is 2. The molecular formula is C16H21N5O. The van der Waals surface area contributed by atoms with E-state index in [2.05, 4.69) is 20.7 Å². The molecule has 0 unspecified atom stereocenters. The van der Waals surface area contributed by atoms with Crippen LogP contribution in [0, 0.1) is 0 Å². The summed E-state index contributed by atoms with van der Waals surface area (Å²) >= 11 is 0. The Balaban J connectivity index is 1.57.